The number of aromatic nitrogens is 4. The standard InChI is InChI=1S/C46H30N4/c1-27-47-38-17-3-5-19-42(38)49(27)40-21-9-15-32-35(40)26-36-33(16-10-22-41(36)50-28(2)48-39-18-4-6-20-43(39)50)46(32)37-25-31-13-7-11-29-23-24-30-12-8-14-34(37)45(30)44(29)31/h3-26H,1-2H3. The molecule has 0 amide bonds. The van der Waals surface area contributed by atoms with Crippen molar-refractivity contribution < 1.29 is 0 Å². The molecule has 0 aliphatic carbocycles. The summed E-state index contributed by atoms with van der Waals surface area (Å²) in [6.45, 7) is 4.21. The molecule has 0 N–H and O–H groups in total. The van der Waals surface area contributed by atoms with Crippen molar-refractivity contribution in [3.8, 4) is 22.5 Å². The van der Waals surface area contributed by atoms with Crippen LogP contribution < -0.4 is 0 Å². The number of fused-ring (bicyclic) bond motifs is 4. The van der Waals surface area contributed by atoms with E-state index in [4.69, 9.17) is 9.97 Å². The highest BCUT2D eigenvalue weighted by atomic mass is 15.1. The molecule has 0 aliphatic heterocycles. The number of rotatable bonds is 3. The van der Waals surface area contributed by atoms with E-state index in [1.54, 1.807) is 0 Å². The van der Waals surface area contributed by atoms with Crippen molar-refractivity contribution >= 4 is 75.9 Å². The van der Waals surface area contributed by atoms with Crippen LogP contribution >= 0.6 is 0 Å². The molecule has 50 heavy (non-hydrogen) atoms. The average Bonchev–Trinajstić information content (AvgIpc) is 3.67. The second kappa shape index (κ2) is 10.0. The van der Waals surface area contributed by atoms with Crippen molar-refractivity contribution in [2.45, 2.75) is 13.8 Å². The number of nitrogens with zero attached hydrogens (tertiary/aromatic N) is 4. The molecule has 0 saturated heterocycles. The van der Waals surface area contributed by atoms with E-state index in [-0.39, 0.29) is 0 Å². The lowest BCUT2D eigenvalue weighted by Crippen LogP contribution is -2.01. The molecular formula is C46H30N4. The van der Waals surface area contributed by atoms with E-state index in [0.717, 1.165) is 45.1 Å². The van der Waals surface area contributed by atoms with Crippen LogP contribution in [0.15, 0.2) is 146 Å². The van der Waals surface area contributed by atoms with Crippen LogP contribution in [-0.2, 0) is 0 Å². The van der Waals surface area contributed by atoms with Gasteiger partial charge in [0.05, 0.1) is 33.4 Å². The highest BCUT2D eigenvalue weighted by Crippen LogP contribution is 2.47. The van der Waals surface area contributed by atoms with Crippen LogP contribution in [0.25, 0.3) is 98.4 Å². The number of benzene rings is 9. The van der Waals surface area contributed by atoms with Gasteiger partial charge >= 0.3 is 0 Å². The smallest absolute Gasteiger partial charge is 0.111 e. The Hall–Kier alpha value is -6.52. The molecule has 0 bridgehead atoms. The van der Waals surface area contributed by atoms with Crippen molar-refractivity contribution in [3.63, 3.8) is 0 Å². The van der Waals surface area contributed by atoms with Crippen molar-refractivity contribution in [2.75, 3.05) is 0 Å². The molecule has 0 fully saturated rings. The molecule has 0 radical (unpaired) electrons. The highest BCUT2D eigenvalue weighted by Gasteiger charge is 2.22. The Balaban J connectivity index is 1.36. The van der Waals surface area contributed by atoms with Crippen LogP contribution in [0.2, 0.25) is 0 Å². The van der Waals surface area contributed by atoms with Gasteiger partial charge in [-0.15, -0.1) is 0 Å². The average molecular weight is 639 g/mol. The Labute approximate surface area is 287 Å². The molecule has 9 aromatic carbocycles. The minimum Gasteiger partial charge on any atom is -0.296 e. The van der Waals surface area contributed by atoms with E-state index in [1.165, 1.54) is 65.0 Å². The summed E-state index contributed by atoms with van der Waals surface area (Å²) in [7, 11) is 0. The number of hydrogen-bond donors (Lipinski definition) is 0. The summed E-state index contributed by atoms with van der Waals surface area (Å²) in [5.74, 6) is 1.93. The predicted octanol–water partition coefficient (Wildman–Crippen LogP) is 11.9. The second-order valence-electron chi connectivity index (χ2n) is 13.4. The van der Waals surface area contributed by atoms with Gasteiger partial charge in [0.1, 0.15) is 11.6 Å². The summed E-state index contributed by atoms with van der Waals surface area (Å²) >= 11 is 0. The van der Waals surface area contributed by atoms with Crippen LogP contribution in [0.3, 0.4) is 0 Å². The van der Waals surface area contributed by atoms with E-state index in [0.29, 0.717) is 0 Å². The fraction of sp³-hybridized carbons (Fsp3) is 0.0435. The maximum absolute atomic E-state index is 4.99. The molecule has 0 saturated carbocycles. The molecule has 2 aromatic heterocycles. The molecule has 11 aromatic rings. The number of para-hydroxylation sites is 4. The zero-order valence-corrected chi connectivity index (χ0v) is 27.6. The van der Waals surface area contributed by atoms with Crippen LogP contribution in [0.5, 0.6) is 0 Å². The zero-order valence-electron chi connectivity index (χ0n) is 27.6. The van der Waals surface area contributed by atoms with Crippen molar-refractivity contribution in [3.05, 3.63) is 157 Å². The van der Waals surface area contributed by atoms with Gasteiger partial charge < -0.3 is 0 Å². The van der Waals surface area contributed by atoms with Gasteiger partial charge in [-0.05, 0) is 117 Å². The number of imidazole rings is 2. The summed E-state index contributed by atoms with van der Waals surface area (Å²) in [5, 5.41) is 12.5. The zero-order chi connectivity index (χ0) is 33.1. The Kier molecular flexibility index (Phi) is 5.49. The van der Waals surface area contributed by atoms with Crippen molar-refractivity contribution in [2.24, 2.45) is 0 Å². The molecule has 0 unspecified atom stereocenters. The third-order valence-electron chi connectivity index (χ3n) is 10.7. The lowest BCUT2D eigenvalue weighted by molar-refractivity contribution is 1.01. The van der Waals surface area contributed by atoms with Crippen LogP contribution in [0, 0.1) is 13.8 Å². The molecule has 4 nitrogen and oxygen atoms in total. The molecule has 234 valence electrons. The molecule has 0 atom stereocenters. The van der Waals surface area contributed by atoms with Gasteiger partial charge in [0.15, 0.2) is 0 Å². The van der Waals surface area contributed by atoms with Gasteiger partial charge in [-0.1, -0.05) is 97.1 Å². The quantitative estimate of drug-likeness (QED) is 0.143. The lowest BCUT2D eigenvalue weighted by atomic mass is 9.85. The fourth-order valence-electron chi connectivity index (χ4n) is 8.68. The van der Waals surface area contributed by atoms with E-state index in [9.17, 15) is 0 Å². The lowest BCUT2D eigenvalue weighted by Gasteiger charge is -2.21. The van der Waals surface area contributed by atoms with Gasteiger partial charge in [-0.25, -0.2) is 9.97 Å². The summed E-state index contributed by atoms with van der Waals surface area (Å²) in [6, 6.07) is 53.2. The SMILES string of the molecule is Cc1nc2ccccc2n1-c1cccc2c(-c3cc4cccc5ccc6cccc3c6c54)c3cccc(-n4c(C)nc5ccccc54)c3cc12. The monoisotopic (exact) mass is 638 g/mol. The summed E-state index contributed by atoms with van der Waals surface area (Å²) < 4.78 is 4.64. The van der Waals surface area contributed by atoms with E-state index in [2.05, 4.69) is 169 Å². The van der Waals surface area contributed by atoms with Gasteiger partial charge in [0.25, 0.3) is 0 Å². The predicted molar refractivity (Wildman–Crippen MR) is 209 cm³/mol. The Morgan fingerprint density at radius 3 is 1.52 bits per heavy atom. The van der Waals surface area contributed by atoms with Crippen molar-refractivity contribution in [1.82, 2.24) is 19.1 Å². The van der Waals surface area contributed by atoms with Crippen LogP contribution in [-0.4, -0.2) is 19.1 Å². The van der Waals surface area contributed by atoms with Gasteiger partial charge in [-0.2, -0.15) is 0 Å². The number of hydrogen-bond acceptors (Lipinski definition) is 2. The maximum atomic E-state index is 4.99. The Bertz CT molecular complexity index is 3040. The maximum Gasteiger partial charge on any atom is 0.111 e. The minimum atomic E-state index is 0.965. The normalized spacial score (nSPS) is 12.2. The van der Waals surface area contributed by atoms with Crippen molar-refractivity contribution in [1.29, 1.82) is 0 Å². The Morgan fingerprint density at radius 2 is 0.900 bits per heavy atom. The molecule has 4 heteroatoms. The van der Waals surface area contributed by atoms with E-state index >= 15 is 0 Å². The fourth-order valence-corrected chi connectivity index (χ4v) is 8.68. The first-order chi connectivity index (χ1) is 24.6. The molecule has 2 heterocycles. The minimum absolute atomic E-state index is 0.965. The first kappa shape index (κ1) is 27.4. The summed E-state index contributed by atoms with van der Waals surface area (Å²) in [5.41, 5.74) is 8.92. The third kappa shape index (κ3) is 3.65. The second-order valence-corrected chi connectivity index (χ2v) is 13.4. The first-order valence-electron chi connectivity index (χ1n) is 17.2. The van der Waals surface area contributed by atoms with E-state index in [1.807, 2.05) is 0 Å². The third-order valence-corrected chi connectivity index (χ3v) is 10.7. The molecule has 0 aliphatic rings. The van der Waals surface area contributed by atoms with Gasteiger partial charge in [0, 0.05) is 10.8 Å². The Morgan fingerprint density at radius 1 is 0.400 bits per heavy atom. The molecule has 11 rings (SSSR count). The highest BCUT2D eigenvalue weighted by molar-refractivity contribution is 6.29. The first-order valence-corrected chi connectivity index (χ1v) is 17.2. The number of aryl methyl sites for hydroxylation is 2. The summed E-state index contributed by atoms with van der Waals surface area (Å²) in [6.07, 6.45) is 0. The van der Waals surface area contributed by atoms with Gasteiger partial charge in [-0.3, -0.25) is 9.13 Å². The largest absolute Gasteiger partial charge is 0.296 e. The molecule has 0 spiro atoms. The molecular weight excluding hydrogens is 609 g/mol. The topological polar surface area (TPSA) is 35.6 Å². The van der Waals surface area contributed by atoms with Gasteiger partial charge in [0.2, 0.25) is 0 Å². The van der Waals surface area contributed by atoms with Crippen LogP contribution in [0.1, 0.15) is 11.6 Å². The van der Waals surface area contributed by atoms with Crippen LogP contribution in [0.4, 0.5) is 0 Å². The summed E-state index contributed by atoms with van der Waals surface area (Å²) in [4.78, 5) is 9.97. The van der Waals surface area contributed by atoms with E-state index < -0.39 is 0 Å².